The van der Waals surface area contributed by atoms with Crippen LogP contribution in [0.25, 0.3) is 0 Å². The molecule has 13 nitrogen and oxygen atoms in total. The Morgan fingerprint density at radius 3 is 2.58 bits per heavy atom. The second-order valence-electron chi connectivity index (χ2n) is 16.3. The molecule has 3 N–H and O–H groups in total. The average Bonchev–Trinajstić information content (AvgIpc) is 3.69. The lowest BCUT2D eigenvalue weighted by molar-refractivity contribution is -0.832. The minimum Gasteiger partial charge on any atom is -0.453 e. The third-order valence-electron chi connectivity index (χ3n) is 13.5. The Labute approximate surface area is 311 Å². The number of aromatic nitrogens is 2. The van der Waals surface area contributed by atoms with E-state index in [9.17, 15) is 33.4 Å². The van der Waals surface area contributed by atoms with Gasteiger partial charge in [0.05, 0.1) is 28.7 Å². The van der Waals surface area contributed by atoms with Crippen LogP contribution in [0.2, 0.25) is 0 Å². The number of nitrogens with one attached hydrogen (secondary N) is 1. The summed E-state index contributed by atoms with van der Waals surface area (Å²) >= 11 is 0. The molecule has 10 atom stereocenters. The molecule has 0 saturated heterocycles. The number of hydrogen-bond acceptors (Lipinski definition) is 11. The molecule has 0 radical (unpaired) electrons. The van der Waals surface area contributed by atoms with E-state index >= 15 is 0 Å². The van der Waals surface area contributed by atoms with Crippen molar-refractivity contribution in [2.45, 2.75) is 120 Å². The van der Waals surface area contributed by atoms with Gasteiger partial charge in [-0.05, 0) is 121 Å². The lowest BCUT2D eigenvalue weighted by Crippen LogP contribution is -2.58. The summed E-state index contributed by atoms with van der Waals surface area (Å²) in [5.74, 6) is 3.91. The lowest BCUT2D eigenvalue weighted by atomic mass is 9.43. The van der Waals surface area contributed by atoms with Crippen LogP contribution >= 0.6 is 0 Å². The predicted molar refractivity (Wildman–Crippen MR) is 190 cm³/mol. The fourth-order valence-corrected chi connectivity index (χ4v) is 12.1. The molecule has 0 aliphatic heterocycles. The van der Waals surface area contributed by atoms with E-state index < -0.39 is 26.7 Å². The van der Waals surface area contributed by atoms with E-state index in [-0.39, 0.29) is 64.7 Å². The average molecular weight is 756 g/mol. The van der Waals surface area contributed by atoms with E-state index in [0.29, 0.717) is 41.9 Å². The minimum absolute atomic E-state index is 0.0339. The van der Waals surface area contributed by atoms with Crippen LogP contribution in [0.4, 0.5) is 0 Å². The Morgan fingerprint density at radius 1 is 1.08 bits per heavy atom. The molecule has 1 aromatic heterocycles. The van der Waals surface area contributed by atoms with Gasteiger partial charge in [-0.15, -0.1) is 0 Å². The number of hydrogen-bond donors (Lipinski definition) is 3. The number of nitrogens with zero attached hydrogens (tertiary/aromatic N) is 2. The third kappa shape index (κ3) is 7.94. The zero-order valence-corrected chi connectivity index (χ0v) is 31.7. The van der Waals surface area contributed by atoms with Gasteiger partial charge in [-0.2, -0.15) is 0 Å². The molecule has 14 heteroatoms. The van der Waals surface area contributed by atoms with Crippen molar-refractivity contribution in [1.29, 1.82) is 0 Å². The molecule has 2 aromatic rings. The highest BCUT2D eigenvalue weighted by Gasteiger charge is 2.62. The molecule has 0 bridgehead atoms. The van der Waals surface area contributed by atoms with Crippen molar-refractivity contribution in [1.82, 2.24) is 10.5 Å². The van der Waals surface area contributed by atoms with Crippen LogP contribution < -0.4 is 15.0 Å². The maximum Gasteiger partial charge on any atom is 0.415 e. The SMILES string of the molecule is C[C@H](CCC(=O)NCCC(=O)OC#CCCOc1no[n+]([O-])c1S(=O)(=O)c1ccccc1)[C@H]1CC[C@H]2C3[C@@H](O)C[C@@H]4C[C@H](O)CC[C@]4(C)[C@H]3CC[C@]12C. The van der Waals surface area contributed by atoms with Crippen molar-refractivity contribution in [2.24, 2.45) is 46.3 Å². The first-order valence-electron chi connectivity index (χ1n) is 19.1. The Morgan fingerprint density at radius 2 is 1.81 bits per heavy atom. The number of esters is 1. The molecule has 1 unspecified atom stereocenters. The number of benzene rings is 1. The van der Waals surface area contributed by atoms with E-state index in [4.69, 9.17) is 9.47 Å². The molecule has 4 saturated carbocycles. The van der Waals surface area contributed by atoms with Crippen LogP contribution in [0, 0.1) is 63.6 Å². The smallest absolute Gasteiger partial charge is 0.415 e. The summed E-state index contributed by atoms with van der Waals surface area (Å²) in [4.78, 5) is 24.5. The van der Waals surface area contributed by atoms with Crippen LogP contribution in [0.3, 0.4) is 0 Å². The molecule has 6 rings (SSSR count). The summed E-state index contributed by atoms with van der Waals surface area (Å²) in [6.45, 7) is 7.09. The molecule has 4 aliphatic rings. The molecule has 0 spiro atoms. The van der Waals surface area contributed by atoms with Crippen LogP contribution in [0.15, 0.2) is 44.9 Å². The second kappa shape index (κ2) is 16.0. The zero-order valence-electron chi connectivity index (χ0n) is 30.9. The number of carbonyl (C=O) groups is 2. The van der Waals surface area contributed by atoms with Crippen LogP contribution in [-0.4, -0.2) is 61.0 Å². The van der Waals surface area contributed by atoms with Gasteiger partial charge in [-0.3, -0.25) is 14.2 Å². The first-order valence-corrected chi connectivity index (χ1v) is 20.6. The van der Waals surface area contributed by atoms with Crippen molar-refractivity contribution >= 4 is 21.7 Å². The Hall–Kier alpha value is -3.67. The standard InChI is InChI=1S/C39H53N3O10S/c1-25(29-12-13-30-35-31(16-19-39(29,30)3)38(2)18-15-27(43)23-26(38)24-32(35)44)11-14-33(45)40-20-17-34(46)50-21-7-8-22-51-36-37(42(47)52-41-36)53(48,49)28-9-5-4-6-10-28/h4-6,9-10,25-27,29-32,35,43-44H,8,11-20,22-24H2,1-3H3,(H,40,45)/t25-,26+,27-,29-,30+,31+,32+,35?,38+,39-/m1/s1. The van der Waals surface area contributed by atoms with Crippen LogP contribution in [0.5, 0.6) is 5.88 Å². The number of aliphatic hydroxyl groups is 2. The van der Waals surface area contributed by atoms with E-state index in [1.54, 1.807) is 6.07 Å². The zero-order chi connectivity index (χ0) is 38.0. The number of fused-ring (bicyclic) bond motifs is 5. The summed E-state index contributed by atoms with van der Waals surface area (Å²) in [5, 5.41) is 39.3. The molecule has 4 aliphatic carbocycles. The van der Waals surface area contributed by atoms with Gasteiger partial charge in [0.15, 0.2) is 0 Å². The summed E-state index contributed by atoms with van der Waals surface area (Å²) in [6.07, 6.45) is 10.9. The fraction of sp³-hybridized carbons (Fsp3) is 0.692. The lowest BCUT2D eigenvalue weighted by Gasteiger charge is -2.62. The first kappa shape index (κ1) is 39.0. The third-order valence-corrected chi connectivity index (χ3v) is 15.2. The monoisotopic (exact) mass is 755 g/mol. The number of amides is 1. The van der Waals surface area contributed by atoms with E-state index in [0.717, 1.165) is 57.8 Å². The molecular weight excluding hydrogens is 703 g/mol. The van der Waals surface area contributed by atoms with Crippen molar-refractivity contribution in [3.8, 4) is 17.9 Å². The maximum atomic E-state index is 12.8. The highest BCUT2D eigenvalue weighted by atomic mass is 32.2. The highest BCUT2D eigenvalue weighted by molar-refractivity contribution is 7.91. The van der Waals surface area contributed by atoms with Crippen molar-refractivity contribution in [2.75, 3.05) is 13.2 Å². The number of sulfone groups is 1. The fourth-order valence-electron chi connectivity index (χ4n) is 10.8. The first-order chi connectivity index (χ1) is 25.3. The molecule has 1 amide bonds. The maximum absolute atomic E-state index is 12.8. The van der Waals surface area contributed by atoms with Crippen molar-refractivity contribution in [3.63, 3.8) is 0 Å². The number of aliphatic hydroxyl groups excluding tert-OH is 2. The Bertz CT molecular complexity index is 1790. The summed E-state index contributed by atoms with van der Waals surface area (Å²) in [7, 11) is -4.24. The van der Waals surface area contributed by atoms with Gasteiger partial charge in [-0.1, -0.05) is 44.9 Å². The summed E-state index contributed by atoms with van der Waals surface area (Å²) in [5.41, 5.74) is 0.347. The Kier molecular flexibility index (Phi) is 11.8. The van der Waals surface area contributed by atoms with Gasteiger partial charge in [0.2, 0.25) is 5.91 Å². The molecule has 4 fully saturated rings. The van der Waals surface area contributed by atoms with Gasteiger partial charge in [0, 0.05) is 19.4 Å². The topological polar surface area (TPSA) is 192 Å². The van der Waals surface area contributed by atoms with Crippen LogP contribution in [-0.2, 0) is 24.2 Å². The number of rotatable bonds is 12. The summed E-state index contributed by atoms with van der Waals surface area (Å²) in [6, 6.07) is 7.32. The predicted octanol–water partition coefficient (Wildman–Crippen LogP) is 4.33. The molecule has 1 aromatic carbocycles. The minimum atomic E-state index is -4.24. The van der Waals surface area contributed by atoms with E-state index in [1.165, 1.54) is 24.3 Å². The molecule has 1 heterocycles. The van der Waals surface area contributed by atoms with Gasteiger partial charge >= 0.3 is 16.9 Å². The Balaban J connectivity index is 0.892. The molecule has 53 heavy (non-hydrogen) atoms. The largest absolute Gasteiger partial charge is 0.453 e. The number of carbonyl (C=O) groups excluding carboxylic acids is 2. The van der Waals surface area contributed by atoms with E-state index in [2.05, 4.69) is 47.9 Å². The molecular formula is C39H53N3O10S. The van der Waals surface area contributed by atoms with Crippen molar-refractivity contribution in [3.05, 3.63) is 35.5 Å². The van der Waals surface area contributed by atoms with Gasteiger partial charge in [0.1, 0.15) is 12.7 Å². The van der Waals surface area contributed by atoms with Gasteiger partial charge < -0.3 is 30.2 Å². The van der Waals surface area contributed by atoms with E-state index in [1.807, 2.05) is 0 Å². The van der Waals surface area contributed by atoms with Crippen molar-refractivity contribution < 1.29 is 47.2 Å². The second-order valence-corrected chi connectivity index (χ2v) is 18.1. The molecule has 290 valence electrons. The summed E-state index contributed by atoms with van der Waals surface area (Å²) < 4.78 is 40.3. The van der Waals surface area contributed by atoms with Crippen LogP contribution in [0.1, 0.15) is 97.8 Å². The van der Waals surface area contributed by atoms with Gasteiger partial charge in [0.25, 0.3) is 9.84 Å². The number of ether oxygens (including phenoxy) is 2. The van der Waals surface area contributed by atoms with Gasteiger partial charge in [-0.25, -0.2) is 8.42 Å². The normalized spacial score (nSPS) is 32.6. The quantitative estimate of drug-likeness (QED) is 0.121. The highest BCUT2D eigenvalue weighted by Crippen LogP contribution is 2.68.